The van der Waals surface area contributed by atoms with Crippen molar-refractivity contribution >= 4 is 23.2 Å². The Morgan fingerprint density at radius 3 is 2.58 bits per heavy atom. The second kappa shape index (κ2) is 9.51. The van der Waals surface area contributed by atoms with Gasteiger partial charge in [0, 0.05) is 35.0 Å². The molecule has 0 spiro atoms. The number of nitriles is 1. The van der Waals surface area contributed by atoms with Crippen LogP contribution in [-0.2, 0) is 6.18 Å². The highest BCUT2D eigenvalue weighted by Crippen LogP contribution is 2.36. The number of pyridine rings is 1. The molecule has 3 aromatic rings. The fraction of sp³-hybridized carbons (Fsp3) is 0.208. The van der Waals surface area contributed by atoms with E-state index in [1.807, 2.05) is 26.0 Å². The Kier molecular flexibility index (Phi) is 6.94. The van der Waals surface area contributed by atoms with Gasteiger partial charge in [-0.3, -0.25) is 9.78 Å². The molecule has 2 aromatic carbocycles. The van der Waals surface area contributed by atoms with Crippen LogP contribution in [0.15, 0.2) is 48.7 Å². The zero-order valence-electron chi connectivity index (χ0n) is 18.0. The van der Waals surface area contributed by atoms with Gasteiger partial charge in [-0.05, 0) is 49.7 Å². The van der Waals surface area contributed by atoms with Gasteiger partial charge in [0.2, 0.25) is 0 Å². The Hall–Kier alpha value is -3.57. The third-order valence-corrected chi connectivity index (χ3v) is 5.29. The molecule has 0 aliphatic rings. The van der Waals surface area contributed by atoms with Crippen molar-refractivity contribution < 1.29 is 22.7 Å². The lowest BCUT2D eigenvalue weighted by Crippen LogP contribution is -2.27. The number of rotatable bonds is 5. The van der Waals surface area contributed by atoms with E-state index < -0.39 is 11.9 Å². The molecular formula is C24H19ClF3N3O2. The molecule has 0 bridgehead atoms. The number of nitrogens with zero attached hydrogens (tertiary/aromatic N) is 3. The van der Waals surface area contributed by atoms with Crippen LogP contribution in [0.25, 0.3) is 11.1 Å². The van der Waals surface area contributed by atoms with Crippen LogP contribution in [-0.4, -0.2) is 24.5 Å². The molecule has 33 heavy (non-hydrogen) atoms. The van der Waals surface area contributed by atoms with E-state index in [9.17, 15) is 23.2 Å². The van der Waals surface area contributed by atoms with E-state index in [-0.39, 0.29) is 33.2 Å². The number of alkyl halides is 3. The highest BCUT2D eigenvalue weighted by atomic mass is 35.5. The third-order valence-electron chi connectivity index (χ3n) is 4.96. The van der Waals surface area contributed by atoms with Crippen molar-refractivity contribution in [2.45, 2.75) is 20.0 Å². The van der Waals surface area contributed by atoms with E-state index in [0.29, 0.717) is 24.1 Å². The summed E-state index contributed by atoms with van der Waals surface area (Å²) in [5, 5.41) is 9.58. The molecule has 3 rings (SSSR count). The zero-order valence-corrected chi connectivity index (χ0v) is 18.8. The number of carbonyl (C=O) groups is 1. The number of anilines is 1. The van der Waals surface area contributed by atoms with Crippen LogP contribution in [0.3, 0.4) is 0 Å². The fourth-order valence-corrected chi connectivity index (χ4v) is 3.63. The summed E-state index contributed by atoms with van der Waals surface area (Å²) >= 11 is 6.28. The lowest BCUT2D eigenvalue weighted by Gasteiger charge is -2.23. The normalized spacial score (nSPS) is 11.1. The van der Waals surface area contributed by atoms with Crippen LogP contribution in [0.5, 0.6) is 5.75 Å². The molecule has 0 fully saturated rings. The summed E-state index contributed by atoms with van der Waals surface area (Å²) in [6.07, 6.45) is -3.75. The van der Waals surface area contributed by atoms with Crippen molar-refractivity contribution in [1.29, 1.82) is 5.26 Å². The van der Waals surface area contributed by atoms with Gasteiger partial charge in [0.1, 0.15) is 11.4 Å². The van der Waals surface area contributed by atoms with E-state index >= 15 is 0 Å². The number of halogens is 4. The maximum Gasteiger partial charge on any atom is 0.433 e. The smallest absolute Gasteiger partial charge is 0.433 e. The van der Waals surface area contributed by atoms with E-state index in [4.69, 9.17) is 16.3 Å². The second-order valence-corrected chi connectivity index (χ2v) is 7.55. The molecule has 0 aliphatic heterocycles. The number of para-hydroxylation sites is 1. The Bertz CT molecular complexity index is 1250. The molecule has 0 atom stereocenters. The monoisotopic (exact) mass is 473 g/mol. The summed E-state index contributed by atoms with van der Waals surface area (Å²) < 4.78 is 44.7. The van der Waals surface area contributed by atoms with E-state index in [2.05, 4.69) is 4.98 Å². The Balaban J connectivity index is 2.06. The topological polar surface area (TPSA) is 66.2 Å². The summed E-state index contributed by atoms with van der Waals surface area (Å²) in [5.74, 6) is 0.155. The van der Waals surface area contributed by atoms with E-state index in [0.717, 1.165) is 11.8 Å². The summed E-state index contributed by atoms with van der Waals surface area (Å²) in [6.45, 7) is 4.10. The lowest BCUT2D eigenvalue weighted by molar-refractivity contribution is -0.141. The summed E-state index contributed by atoms with van der Waals surface area (Å²) in [4.78, 5) is 18.2. The number of ether oxygens (including phenoxy) is 1. The standard InChI is InChI=1S/C24H19ClF3N3O2/c1-4-33-20-7-5-6-14(2)22(20)31(3)23(32)15-8-9-19(25)17(10-15)18-13-30-21(24(26,27)28)11-16(18)12-29/h5-11,13H,4H2,1-3H3. The molecule has 0 saturated carbocycles. The Morgan fingerprint density at radius 1 is 1.21 bits per heavy atom. The molecule has 1 aromatic heterocycles. The molecule has 0 aliphatic carbocycles. The first-order chi connectivity index (χ1) is 15.6. The quantitative estimate of drug-likeness (QED) is 0.437. The highest BCUT2D eigenvalue weighted by molar-refractivity contribution is 6.33. The van der Waals surface area contributed by atoms with Crippen LogP contribution < -0.4 is 9.64 Å². The van der Waals surface area contributed by atoms with Crippen LogP contribution in [0.4, 0.5) is 18.9 Å². The van der Waals surface area contributed by atoms with Gasteiger partial charge in [0.15, 0.2) is 0 Å². The van der Waals surface area contributed by atoms with Gasteiger partial charge in [-0.15, -0.1) is 0 Å². The summed E-state index contributed by atoms with van der Waals surface area (Å²) in [6, 6.07) is 12.2. The minimum absolute atomic E-state index is 0.0960. The molecule has 1 amide bonds. The Morgan fingerprint density at radius 2 is 1.94 bits per heavy atom. The first kappa shape index (κ1) is 24.1. The van der Waals surface area contributed by atoms with Crippen LogP contribution in [0.1, 0.15) is 34.1 Å². The SMILES string of the molecule is CCOc1cccc(C)c1N(C)C(=O)c1ccc(Cl)c(-c2cnc(C(F)(F)F)cc2C#N)c1. The van der Waals surface area contributed by atoms with E-state index in [1.54, 1.807) is 19.2 Å². The third kappa shape index (κ3) is 4.94. The average molecular weight is 474 g/mol. The predicted octanol–water partition coefficient (Wildman–Crippen LogP) is 6.28. The molecule has 1 heterocycles. The number of hydrogen-bond donors (Lipinski definition) is 0. The van der Waals surface area contributed by atoms with Crippen LogP contribution in [0, 0.1) is 18.3 Å². The van der Waals surface area contributed by atoms with Gasteiger partial charge in [-0.25, -0.2) is 0 Å². The van der Waals surface area contributed by atoms with E-state index in [1.165, 1.54) is 23.1 Å². The fourth-order valence-electron chi connectivity index (χ4n) is 3.41. The van der Waals surface area contributed by atoms with Crippen molar-refractivity contribution in [2.24, 2.45) is 0 Å². The van der Waals surface area contributed by atoms with Crippen molar-refractivity contribution in [3.8, 4) is 22.9 Å². The highest BCUT2D eigenvalue weighted by Gasteiger charge is 2.33. The molecule has 5 nitrogen and oxygen atoms in total. The molecule has 170 valence electrons. The van der Waals surface area contributed by atoms with Gasteiger partial charge in [-0.1, -0.05) is 23.7 Å². The molecule has 0 saturated heterocycles. The second-order valence-electron chi connectivity index (χ2n) is 7.14. The average Bonchev–Trinajstić information content (AvgIpc) is 2.78. The van der Waals surface area contributed by atoms with Gasteiger partial charge in [-0.2, -0.15) is 18.4 Å². The molecule has 0 N–H and O–H groups in total. The van der Waals surface area contributed by atoms with Crippen molar-refractivity contribution in [1.82, 2.24) is 4.98 Å². The van der Waals surface area contributed by atoms with Gasteiger partial charge in [0.05, 0.1) is 23.9 Å². The number of carbonyl (C=O) groups excluding carboxylic acids is 1. The number of amides is 1. The number of aromatic nitrogens is 1. The largest absolute Gasteiger partial charge is 0.492 e. The number of aryl methyl sites for hydroxylation is 1. The molecule has 0 unspecified atom stereocenters. The van der Waals surface area contributed by atoms with Gasteiger partial charge < -0.3 is 9.64 Å². The van der Waals surface area contributed by atoms with Crippen LogP contribution >= 0.6 is 11.6 Å². The van der Waals surface area contributed by atoms with Gasteiger partial charge >= 0.3 is 6.18 Å². The number of benzene rings is 2. The molecule has 0 radical (unpaired) electrons. The summed E-state index contributed by atoms with van der Waals surface area (Å²) in [5.41, 5.74) is 0.525. The van der Waals surface area contributed by atoms with Gasteiger partial charge in [0.25, 0.3) is 5.91 Å². The lowest BCUT2D eigenvalue weighted by atomic mass is 9.99. The van der Waals surface area contributed by atoms with Crippen molar-refractivity contribution in [3.05, 3.63) is 76.1 Å². The first-order valence-corrected chi connectivity index (χ1v) is 10.2. The van der Waals surface area contributed by atoms with Crippen molar-refractivity contribution in [3.63, 3.8) is 0 Å². The molecular weight excluding hydrogens is 455 g/mol. The summed E-state index contributed by atoms with van der Waals surface area (Å²) in [7, 11) is 1.60. The minimum Gasteiger partial charge on any atom is -0.492 e. The maximum atomic E-state index is 13.3. The zero-order chi connectivity index (χ0) is 24.3. The first-order valence-electron chi connectivity index (χ1n) is 9.86. The minimum atomic E-state index is -4.69. The molecule has 9 heteroatoms. The maximum absolute atomic E-state index is 13.3. The van der Waals surface area contributed by atoms with Crippen molar-refractivity contribution in [2.75, 3.05) is 18.6 Å². The predicted molar refractivity (Wildman–Crippen MR) is 119 cm³/mol. The van der Waals surface area contributed by atoms with Crippen LogP contribution in [0.2, 0.25) is 5.02 Å². The Labute approximate surface area is 194 Å². The number of hydrogen-bond acceptors (Lipinski definition) is 4.